The fourth-order valence-corrected chi connectivity index (χ4v) is 3.78. The van der Waals surface area contributed by atoms with Gasteiger partial charge in [-0.25, -0.2) is 0 Å². The number of aryl methyl sites for hydroxylation is 5. The van der Waals surface area contributed by atoms with Crippen LogP contribution in [0.5, 0.6) is 0 Å². The molecule has 1 unspecified atom stereocenters. The van der Waals surface area contributed by atoms with Crippen LogP contribution in [0.25, 0.3) is 11.1 Å². The maximum Gasteiger partial charge on any atom is -0.0152 e. The van der Waals surface area contributed by atoms with Crippen LogP contribution in [0.3, 0.4) is 0 Å². The van der Waals surface area contributed by atoms with Crippen LogP contribution in [-0.4, -0.2) is 0 Å². The van der Waals surface area contributed by atoms with Crippen LogP contribution in [0.1, 0.15) is 59.6 Å². The lowest BCUT2D eigenvalue weighted by molar-refractivity contribution is 0.733. The molecule has 0 amide bonds. The summed E-state index contributed by atoms with van der Waals surface area (Å²) in [5.74, 6) is 0.709. The summed E-state index contributed by atoms with van der Waals surface area (Å²) < 4.78 is 0. The molecule has 0 fully saturated rings. The molecule has 0 saturated carbocycles. The van der Waals surface area contributed by atoms with Gasteiger partial charge in [0.1, 0.15) is 0 Å². The van der Waals surface area contributed by atoms with Gasteiger partial charge in [-0.2, -0.15) is 0 Å². The lowest BCUT2D eigenvalue weighted by Gasteiger charge is -2.10. The van der Waals surface area contributed by atoms with Gasteiger partial charge >= 0.3 is 0 Å². The lowest BCUT2D eigenvalue weighted by Crippen LogP contribution is -1.88. The summed E-state index contributed by atoms with van der Waals surface area (Å²) in [5.41, 5.74) is 10.8. The summed E-state index contributed by atoms with van der Waals surface area (Å²) >= 11 is 0. The lowest BCUT2D eigenvalue weighted by atomic mass is 9.94. The molecule has 1 atom stereocenters. The minimum atomic E-state index is 0.709. The fourth-order valence-electron chi connectivity index (χ4n) is 3.78. The van der Waals surface area contributed by atoms with Gasteiger partial charge in [-0.15, -0.1) is 0 Å². The summed E-state index contributed by atoms with van der Waals surface area (Å²) in [4.78, 5) is 0. The van der Waals surface area contributed by atoms with Gasteiger partial charge in [-0.05, 0) is 74.8 Å². The van der Waals surface area contributed by atoms with E-state index in [0.29, 0.717) is 5.92 Å². The number of benzene rings is 4. The van der Waals surface area contributed by atoms with Crippen LogP contribution in [0, 0.1) is 34.6 Å². The van der Waals surface area contributed by atoms with Gasteiger partial charge in [0, 0.05) is 0 Å². The molecular weight excluding hydrogens is 396 g/mol. The predicted octanol–water partition coefficient (Wildman–Crippen LogP) is 9.78. The van der Waals surface area contributed by atoms with Crippen molar-refractivity contribution in [3.8, 4) is 11.1 Å². The Morgan fingerprint density at radius 2 is 0.939 bits per heavy atom. The summed E-state index contributed by atoms with van der Waals surface area (Å²) in [5, 5.41) is 0. The van der Waals surface area contributed by atoms with Crippen molar-refractivity contribution in [3.63, 3.8) is 0 Å². The van der Waals surface area contributed by atoms with Gasteiger partial charge in [0.2, 0.25) is 0 Å². The van der Waals surface area contributed by atoms with E-state index >= 15 is 0 Å². The first-order chi connectivity index (χ1) is 15.8. The molecule has 0 heterocycles. The van der Waals surface area contributed by atoms with Crippen LogP contribution >= 0.6 is 0 Å². The molecule has 172 valence electrons. The molecule has 0 nitrogen and oxygen atoms in total. The van der Waals surface area contributed by atoms with Crippen LogP contribution in [0.4, 0.5) is 0 Å². The highest BCUT2D eigenvalue weighted by Gasteiger charge is 2.05. The Hall–Kier alpha value is -3.12. The van der Waals surface area contributed by atoms with Crippen LogP contribution in [-0.2, 0) is 0 Å². The van der Waals surface area contributed by atoms with Gasteiger partial charge < -0.3 is 0 Å². The van der Waals surface area contributed by atoms with Crippen LogP contribution < -0.4 is 0 Å². The molecule has 0 aliphatic heterocycles. The van der Waals surface area contributed by atoms with Crippen molar-refractivity contribution in [3.05, 3.63) is 130 Å². The third-order valence-corrected chi connectivity index (χ3v) is 5.98. The van der Waals surface area contributed by atoms with Crippen molar-refractivity contribution in [2.75, 3.05) is 0 Å². The molecule has 0 aliphatic rings. The smallest absolute Gasteiger partial charge is 0.0152 e. The molecule has 0 saturated heterocycles. The van der Waals surface area contributed by atoms with Gasteiger partial charge in [-0.3, -0.25) is 0 Å². The molecule has 0 aromatic heterocycles. The Kier molecular flexibility index (Phi) is 10.6. The quantitative estimate of drug-likeness (QED) is 0.300. The normalized spacial score (nSPS) is 10.9. The molecule has 0 N–H and O–H groups in total. The number of hydrogen-bond donors (Lipinski definition) is 0. The Bertz CT molecular complexity index is 1040. The summed E-state index contributed by atoms with van der Waals surface area (Å²) in [7, 11) is 0. The Balaban J connectivity index is 0.000000193. The standard InChI is InChI=1S/C16H18.C10H14.C7H8/c1-11-5-7-15(13(3)9-11)16-8-6-12(2)10-14(16)4;1-3-9(2)10-7-5-4-6-8-10;1-7-5-3-2-4-6-7/h5-10H,1-4H3;4-9H,3H2,1-2H3;2-6H,1H3. The third-order valence-electron chi connectivity index (χ3n) is 5.98. The predicted molar refractivity (Wildman–Crippen MR) is 147 cm³/mol. The maximum atomic E-state index is 2.26. The van der Waals surface area contributed by atoms with Gasteiger partial charge in [-0.1, -0.05) is 128 Å². The molecule has 0 spiro atoms. The largest absolute Gasteiger partial charge is 0.0648 e. The highest BCUT2D eigenvalue weighted by molar-refractivity contribution is 5.71. The van der Waals surface area contributed by atoms with Crippen molar-refractivity contribution < 1.29 is 0 Å². The van der Waals surface area contributed by atoms with Crippen molar-refractivity contribution in [2.45, 2.75) is 60.8 Å². The zero-order valence-electron chi connectivity index (χ0n) is 21.5. The second kappa shape index (κ2) is 13.4. The molecule has 0 radical (unpaired) electrons. The van der Waals surface area contributed by atoms with E-state index in [2.05, 4.69) is 127 Å². The first-order valence-corrected chi connectivity index (χ1v) is 12.0. The van der Waals surface area contributed by atoms with E-state index in [1.165, 1.54) is 50.9 Å². The topological polar surface area (TPSA) is 0 Å². The Morgan fingerprint density at radius 1 is 0.515 bits per heavy atom. The molecule has 4 aromatic carbocycles. The molecule has 4 rings (SSSR count). The Morgan fingerprint density at radius 3 is 1.27 bits per heavy atom. The molecule has 0 bridgehead atoms. The van der Waals surface area contributed by atoms with Crippen LogP contribution in [0.15, 0.2) is 97.1 Å². The fraction of sp³-hybridized carbons (Fsp3) is 0.273. The monoisotopic (exact) mass is 436 g/mol. The molecular formula is C33H40. The van der Waals surface area contributed by atoms with E-state index in [9.17, 15) is 0 Å². The first kappa shape index (κ1) is 26.1. The summed E-state index contributed by atoms with van der Waals surface area (Å²) in [6.07, 6.45) is 1.23. The van der Waals surface area contributed by atoms with Gasteiger partial charge in [0.25, 0.3) is 0 Å². The van der Waals surface area contributed by atoms with E-state index in [1.54, 1.807) is 0 Å². The highest BCUT2D eigenvalue weighted by atomic mass is 14.1. The maximum absolute atomic E-state index is 2.26. The third kappa shape index (κ3) is 8.73. The summed E-state index contributed by atoms with van der Waals surface area (Å²) in [6, 6.07) is 34.2. The summed E-state index contributed by atoms with van der Waals surface area (Å²) in [6.45, 7) is 15.2. The number of hydrogen-bond acceptors (Lipinski definition) is 0. The minimum Gasteiger partial charge on any atom is -0.0648 e. The first-order valence-electron chi connectivity index (χ1n) is 12.0. The van der Waals surface area contributed by atoms with Crippen molar-refractivity contribution in [1.29, 1.82) is 0 Å². The van der Waals surface area contributed by atoms with E-state index in [4.69, 9.17) is 0 Å². The van der Waals surface area contributed by atoms with E-state index in [0.717, 1.165) is 0 Å². The average Bonchev–Trinajstić information content (AvgIpc) is 2.81. The highest BCUT2D eigenvalue weighted by Crippen LogP contribution is 2.27. The van der Waals surface area contributed by atoms with E-state index in [-0.39, 0.29) is 0 Å². The average molecular weight is 437 g/mol. The Labute approximate surface area is 202 Å². The second-order valence-electron chi connectivity index (χ2n) is 9.01. The van der Waals surface area contributed by atoms with Gasteiger partial charge in [0.05, 0.1) is 0 Å². The molecule has 33 heavy (non-hydrogen) atoms. The van der Waals surface area contributed by atoms with Crippen molar-refractivity contribution in [2.24, 2.45) is 0 Å². The second-order valence-corrected chi connectivity index (χ2v) is 9.01. The van der Waals surface area contributed by atoms with Crippen LogP contribution in [0.2, 0.25) is 0 Å². The molecule has 0 heteroatoms. The van der Waals surface area contributed by atoms with E-state index < -0.39 is 0 Å². The molecule has 0 aliphatic carbocycles. The zero-order chi connectivity index (χ0) is 24.2. The van der Waals surface area contributed by atoms with E-state index in [1.807, 2.05) is 18.2 Å². The van der Waals surface area contributed by atoms with Gasteiger partial charge in [0.15, 0.2) is 0 Å². The minimum absolute atomic E-state index is 0.709. The zero-order valence-corrected chi connectivity index (χ0v) is 21.5. The molecule has 4 aromatic rings. The number of rotatable bonds is 3. The van der Waals surface area contributed by atoms with Crippen molar-refractivity contribution in [1.82, 2.24) is 0 Å². The SMILES string of the molecule is CCC(C)c1ccccc1.Cc1ccc(-c2ccc(C)cc2C)c(C)c1.Cc1ccccc1. The van der Waals surface area contributed by atoms with Crippen molar-refractivity contribution >= 4 is 0 Å².